The minimum absolute atomic E-state index is 0.609. The summed E-state index contributed by atoms with van der Waals surface area (Å²) in [5.74, 6) is 1.35. The lowest BCUT2D eigenvalue weighted by molar-refractivity contribution is 0.556. The third kappa shape index (κ3) is 3.54. The first kappa shape index (κ1) is 11.3. The number of pyridine rings is 1. The molecule has 3 heteroatoms. The number of halogens is 1. The number of hydrogen-bond donors (Lipinski definition) is 1. The Labute approximate surface area is 90.5 Å². The van der Waals surface area contributed by atoms with Crippen molar-refractivity contribution in [3.63, 3.8) is 0 Å². The maximum Gasteiger partial charge on any atom is 0.126 e. The minimum atomic E-state index is 0.609. The number of aryl methyl sites for hydroxylation is 1. The van der Waals surface area contributed by atoms with Crippen molar-refractivity contribution in [2.75, 3.05) is 5.73 Å². The van der Waals surface area contributed by atoms with Gasteiger partial charge in [-0.25, -0.2) is 4.98 Å². The Hall–Kier alpha value is -0.760. The molecular formula is C11H17ClN2. The van der Waals surface area contributed by atoms with Gasteiger partial charge in [0.25, 0.3) is 0 Å². The average molecular weight is 213 g/mol. The van der Waals surface area contributed by atoms with E-state index in [1.54, 1.807) is 6.20 Å². The standard InChI is InChI=1S/C11H17ClN2/c1-8(2)4-3-5-9-6-10(12)7-14-11(9)13/h6-8H,3-5H2,1-2H3,(H2,13,14). The van der Waals surface area contributed by atoms with Gasteiger partial charge in [0, 0.05) is 6.20 Å². The van der Waals surface area contributed by atoms with Gasteiger partial charge in [-0.05, 0) is 30.4 Å². The lowest BCUT2D eigenvalue weighted by atomic mass is 10.0. The molecule has 0 atom stereocenters. The van der Waals surface area contributed by atoms with Crippen LogP contribution in [0.2, 0.25) is 5.02 Å². The van der Waals surface area contributed by atoms with Gasteiger partial charge in [-0.2, -0.15) is 0 Å². The molecule has 0 aromatic carbocycles. The van der Waals surface area contributed by atoms with Crippen LogP contribution in [0, 0.1) is 5.92 Å². The van der Waals surface area contributed by atoms with E-state index in [0.717, 1.165) is 24.3 Å². The highest BCUT2D eigenvalue weighted by Crippen LogP contribution is 2.18. The van der Waals surface area contributed by atoms with Crippen LogP contribution in [0.15, 0.2) is 12.3 Å². The molecule has 1 rings (SSSR count). The summed E-state index contributed by atoms with van der Waals surface area (Å²) in [7, 11) is 0. The summed E-state index contributed by atoms with van der Waals surface area (Å²) in [5, 5.41) is 0.666. The summed E-state index contributed by atoms with van der Waals surface area (Å²) in [5.41, 5.74) is 6.80. The third-order valence-corrected chi connectivity index (χ3v) is 2.40. The zero-order valence-electron chi connectivity index (χ0n) is 8.76. The van der Waals surface area contributed by atoms with Crippen molar-refractivity contribution in [1.29, 1.82) is 0 Å². The second-order valence-electron chi connectivity index (χ2n) is 3.98. The SMILES string of the molecule is CC(C)CCCc1cc(Cl)cnc1N. The van der Waals surface area contributed by atoms with E-state index in [1.807, 2.05) is 6.07 Å². The average Bonchev–Trinajstić information content (AvgIpc) is 2.10. The highest BCUT2D eigenvalue weighted by molar-refractivity contribution is 6.30. The molecule has 0 aliphatic heterocycles. The van der Waals surface area contributed by atoms with Gasteiger partial charge in [0.05, 0.1) is 5.02 Å². The van der Waals surface area contributed by atoms with E-state index in [9.17, 15) is 0 Å². The molecule has 0 saturated carbocycles. The molecule has 14 heavy (non-hydrogen) atoms. The lowest BCUT2D eigenvalue weighted by Crippen LogP contribution is -1.98. The fourth-order valence-electron chi connectivity index (χ4n) is 1.39. The predicted molar refractivity (Wildman–Crippen MR) is 61.4 cm³/mol. The highest BCUT2D eigenvalue weighted by atomic mass is 35.5. The first-order valence-corrected chi connectivity index (χ1v) is 5.37. The summed E-state index contributed by atoms with van der Waals surface area (Å²) in [6, 6.07) is 1.91. The van der Waals surface area contributed by atoms with E-state index >= 15 is 0 Å². The summed E-state index contributed by atoms with van der Waals surface area (Å²) in [4.78, 5) is 4.02. The normalized spacial score (nSPS) is 10.9. The monoisotopic (exact) mass is 212 g/mol. The van der Waals surface area contributed by atoms with Crippen molar-refractivity contribution in [2.45, 2.75) is 33.1 Å². The molecule has 1 aromatic heterocycles. The fourth-order valence-corrected chi connectivity index (χ4v) is 1.57. The van der Waals surface area contributed by atoms with E-state index in [1.165, 1.54) is 6.42 Å². The first-order chi connectivity index (χ1) is 6.59. The Kier molecular flexibility index (Phi) is 4.21. The van der Waals surface area contributed by atoms with E-state index in [0.29, 0.717) is 10.8 Å². The molecule has 0 radical (unpaired) electrons. The number of aromatic nitrogens is 1. The summed E-state index contributed by atoms with van der Waals surface area (Å²) in [6.45, 7) is 4.44. The number of nitrogen functional groups attached to an aromatic ring is 1. The van der Waals surface area contributed by atoms with Crippen molar-refractivity contribution in [3.05, 3.63) is 22.8 Å². The fraction of sp³-hybridized carbons (Fsp3) is 0.545. The smallest absolute Gasteiger partial charge is 0.126 e. The zero-order valence-corrected chi connectivity index (χ0v) is 9.51. The Morgan fingerprint density at radius 1 is 1.50 bits per heavy atom. The van der Waals surface area contributed by atoms with Crippen LogP contribution in [0.4, 0.5) is 5.82 Å². The van der Waals surface area contributed by atoms with Gasteiger partial charge in [0.15, 0.2) is 0 Å². The number of anilines is 1. The number of nitrogens with zero attached hydrogens (tertiary/aromatic N) is 1. The molecule has 1 heterocycles. The van der Waals surface area contributed by atoms with E-state index < -0.39 is 0 Å². The molecular weight excluding hydrogens is 196 g/mol. The van der Waals surface area contributed by atoms with Crippen LogP contribution in [-0.2, 0) is 6.42 Å². The van der Waals surface area contributed by atoms with Crippen LogP contribution >= 0.6 is 11.6 Å². The Morgan fingerprint density at radius 2 is 2.21 bits per heavy atom. The molecule has 0 spiro atoms. The second kappa shape index (κ2) is 5.20. The molecule has 0 aliphatic rings. The van der Waals surface area contributed by atoms with Crippen molar-refractivity contribution >= 4 is 17.4 Å². The Bertz CT molecular complexity index is 297. The van der Waals surface area contributed by atoms with E-state index in [4.69, 9.17) is 17.3 Å². The van der Waals surface area contributed by atoms with Gasteiger partial charge in [0.1, 0.15) is 5.82 Å². The molecule has 2 nitrogen and oxygen atoms in total. The van der Waals surface area contributed by atoms with Gasteiger partial charge in [-0.3, -0.25) is 0 Å². The first-order valence-electron chi connectivity index (χ1n) is 4.99. The topological polar surface area (TPSA) is 38.9 Å². The van der Waals surface area contributed by atoms with E-state index in [-0.39, 0.29) is 0 Å². The summed E-state index contributed by atoms with van der Waals surface area (Å²) >= 11 is 5.84. The van der Waals surface area contributed by atoms with Crippen LogP contribution in [0.3, 0.4) is 0 Å². The predicted octanol–water partition coefficient (Wildman–Crippen LogP) is 3.30. The zero-order chi connectivity index (χ0) is 10.6. The molecule has 0 bridgehead atoms. The maximum atomic E-state index is 5.84. The van der Waals surface area contributed by atoms with Crippen LogP contribution in [0.25, 0.3) is 0 Å². The maximum absolute atomic E-state index is 5.84. The van der Waals surface area contributed by atoms with Crippen molar-refractivity contribution in [1.82, 2.24) is 4.98 Å². The van der Waals surface area contributed by atoms with Crippen molar-refractivity contribution < 1.29 is 0 Å². The minimum Gasteiger partial charge on any atom is -0.383 e. The summed E-state index contributed by atoms with van der Waals surface area (Å²) < 4.78 is 0. The van der Waals surface area contributed by atoms with E-state index in [2.05, 4.69) is 18.8 Å². The Balaban J connectivity index is 2.53. The van der Waals surface area contributed by atoms with Crippen LogP contribution < -0.4 is 5.73 Å². The molecule has 1 aromatic rings. The van der Waals surface area contributed by atoms with Crippen molar-refractivity contribution in [3.8, 4) is 0 Å². The molecule has 0 saturated heterocycles. The second-order valence-corrected chi connectivity index (χ2v) is 4.42. The van der Waals surface area contributed by atoms with Crippen LogP contribution in [-0.4, -0.2) is 4.98 Å². The molecule has 0 unspecified atom stereocenters. The van der Waals surface area contributed by atoms with Crippen LogP contribution in [0.5, 0.6) is 0 Å². The number of nitrogens with two attached hydrogens (primary N) is 1. The quantitative estimate of drug-likeness (QED) is 0.832. The van der Waals surface area contributed by atoms with Gasteiger partial charge >= 0.3 is 0 Å². The largest absolute Gasteiger partial charge is 0.383 e. The molecule has 0 aliphatic carbocycles. The Morgan fingerprint density at radius 3 is 2.86 bits per heavy atom. The van der Waals surface area contributed by atoms with Crippen molar-refractivity contribution in [2.24, 2.45) is 5.92 Å². The van der Waals surface area contributed by atoms with Gasteiger partial charge < -0.3 is 5.73 Å². The molecule has 78 valence electrons. The summed E-state index contributed by atoms with van der Waals surface area (Å²) in [6.07, 6.45) is 4.91. The number of hydrogen-bond acceptors (Lipinski definition) is 2. The van der Waals surface area contributed by atoms with Gasteiger partial charge in [-0.15, -0.1) is 0 Å². The lowest BCUT2D eigenvalue weighted by Gasteiger charge is -2.06. The van der Waals surface area contributed by atoms with Crippen LogP contribution in [0.1, 0.15) is 32.3 Å². The molecule has 2 N–H and O–H groups in total. The molecule has 0 fully saturated rings. The molecule has 0 amide bonds. The van der Waals surface area contributed by atoms with Gasteiger partial charge in [-0.1, -0.05) is 31.9 Å². The number of rotatable bonds is 4. The third-order valence-electron chi connectivity index (χ3n) is 2.20. The van der Waals surface area contributed by atoms with Gasteiger partial charge in [0.2, 0.25) is 0 Å². The highest BCUT2D eigenvalue weighted by Gasteiger charge is 2.02.